The van der Waals surface area contributed by atoms with E-state index in [9.17, 15) is 31.2 Å². The third kappa shape index (κ3) is 8.78. The molecule has 1 aromatic heterocycles. The topological polar surface area (TPSA) is 154 Å². The van der Waals surface area contributed by atoms with Gasteiger partial charge in [-0.25, -0.2) is 26.8 Å². The van der Waals surface area contributed by atoms with Gasteiger partial charge in [-0.1, -0.05) is 28.4 Å². The number of hydrogen-bond acceptors (Lipinski definition) is 7. The van der Waals surface area contributed by atoms with Crippen molar-refractivity contribution in [1.82, 2.24) is 18.7 Å². The van der Waals surface area contributed by atoms with Gasteiger partial charge in [-0.15, -0.1) is 0 Å². The van der Waals surface area contributed by atoms with Gasteiger partial charge in [0.15, 0.2) is 0 Å². The molecule has 45 heavy (non-hydrogen) atoms. The van der Waals surface area contributed by atoms with Gasteiger partial charge in [0.05, 0.1) is 10.4 Å². The molecule has 0 aliphatic carbocycles. The summed E-state index contributed by atoms with van der Waals surface area (Å²) in [6.45, 7) is 2.60. The number of carboxylic acid groups (broad SMARTS) is 1. The van der Waals surface area contributed by atoms with Crippen molar-refractivity contribution in [3.05, 3.63) is 60.3 Å². The second-order valence-corrected chi connectivity index (χ2v) is 12.2. The molecule has 244 valence electrons. The molecule has 1 atom stereocenters. The van der Waals surface area contributed by atoms with Crippen LogP contribution in [0.25, 0.3) is 10.9 Å². The number of amides is 4. The maximum atomic E-state index is 13.0. The van der Waals surface area contributed by atoms with Crippen molar-refractivity contribution in [2.45, 2.75) is 36.5 Å². The number of alkyl halides is 3. The highest BCUT2D eigenvalue weighted by Crippen LogP contribution is 2.36. The zero-order valence-corrected chi connectivity index (χ0v) is 25.7. The highest BCUT2D eigenvalue weighted by Gasteiger charge is 2.38. The van der Waals surface area contributed by atoms with Crippen molar-refractivity contribution >= 4 is 39.0 Å². The number of aromatic nitrogens is 1. The molecular formula is C28H33F3N6O7S. The first kappa shape index (κ1) is 35.0. The van der Waals surface area contributed by atoms with Crippen LogP contribution in [0.3, 0.4) is 0 Å². The fourth-order valence-corrected chi connectivity index (χ4v) is 5.76. The minimum atomic E-state index is -5.08. The summed E-state index contributed by atoms with van der Waals surface area (Å²) in [4.78, 5) is 35.6. The van der Waals surface area contributed by atoms with Crippen molar-refractivity contribution in [2.24, 2.45) is 10.2 Å². The van der Waals surface area contributed by atoms with Crippen molar-refractivity contribution in [3.63, 3.8) is 0 Å². The Kier molecular flexibility index (Phi) is 11.3. The van der Waals surface area contributed by atoms with Crippen LogP contribution >= 0.6 is 0 Å². The molecule has 2 aliphatic rings. The lowest BCUT2D eigenvalue weighted by Gasteiger charge is -2.20. The van der Waals surface area contributed by atoms with Crippen molar-refractivity contribution in [2.75, 3.05) is 41.3 Å². The molecule has 17 heteroatoms. The predicted octanol–water partition coefficient (Wildman–Crippen LogP) is 4.67. The molecule has 1 saturated heterocycles. The van der Waals surface area contributed by atoms with E-state index in [2.05, 4.69) is 15.1 Å². The summed E-state index contributed by atoms with van der Waals surface area (Å²) >= 11 is 0. The standard InChI is InChI=1S/C20H20N2O3S.C6H12N4O2.C2HF3O2/c23-26(24,16-6-2-1-3-7-16)22-12-10-17-18-13-21-11-4-5-15(21)14-25-20(18)9-8-19(17)22;1-9(2)5(11)7-8-6(12)10(3)4;3-2(4,5)1(6)7/h1-3,6-10,12,15H,4-5,11,13-14H2;1-4H3;(H,6,7)/t15-;;/m0../s1. The highest BCUT2D eigenvalue weighted by molar-refractivity contribution is 7.90. The number of urea groups is 2. The molecule has 0 saturated carbocycles. The first-order chi connectivity index (χ1) is 21.0. The predicted molar refractivity (Wildman–Crippen MR) is 157 cm³/mol. The summed E-state index contributed by atoms with van der Waals surface area (Å²) in [5.74, 6) is -1.88. The van der Waals surface area contributed by atoms with Crippen LogP contribution in [0.2, 0.25) is 0 Å². The molecule has 0 unspecified atom stereocenters. The van der Waals surface area contributed by atoms with Crippen molar-refractivity contribution < 1.29 is 45.8 Å². The van der Waals surface area contributed by atoms with E-state index in [1.807, 2.05) is 24.3 Å². The number of azo groups is 1. The Bertz CT molecular complexity index is 1640. The Morgan fingerprint density at radius 3 is 2.07 bits per heavy atom. The van der Waals surface area contributed by atoms with Crippen LogP contribution in [0, 0.1) is 0 Å². The second-order valence-electron chi connectivity index (χ2n) is 10.3. The van der Waals surface area contributed by atoms with Crippen molar-refractivity contribution in [1.29, 1.82) is 0 Å². The van der Waals surface area contributed by atoms with Gasteiger partial charge in [-0.05, 0) is 49.7 Å². The summed E-state index contributed by atoms with van der Waals surface area (Å²) < 4.78 is 65.3. The third-order valence-electron chi connectivity index (χ3n) is 6.73. The van der Waals surface area contributed by atoms with Gasteiger partial charge in [-0.2, -0.15) is 13.2 Å². The summed E-state index contributed by atoms with van der Waals surface area (Å²) in [7, 11) is 2.50. The zero-order valence-electron chi connectivity index (χ0n) is 24.9. The molecule has 5 rings (SSSR count). The maximum Gasteiger partial charge on any atom is 0.490 e. The Morgan fingerprint density at radius 1 is 0.956 bits per heavy atom. The first-order valence-electron chi connectivity index (χ1n) is 13.5. The molecular weight excluding hydrogens is 621 g/mol. The third-order valence-corrected chi connectivity index (χ3v) is 8.43. The molecule has 3 heterocycles. The number of fused-ring (bicyclic) bond motifs is 4. The average molecular weight is 655 g/mol. The smallest absolute Gasteiger partial charge is 0.490 e. The average Bonchev–Trinajstić information content (AvgIpc) is 3.59. The largest absolute Gasteiger partial charge is 0.492 e. The number of carboxylic acids is 1. The number of carbonyl (C=O) groups is 3. The molecule has 1 fully saturated rings. The normalized spacial score (nSPS) is 16.2. The van der Waals surface area contributed by atoms with Crippen LogP contribution in [-0.2, 0) is 21.4 Å². The minimum absolute atomic E-state index is 0.295. The Morgan fingerprint density at radius 2 is 1.53 bits per heavy atom. The summed E-state index contributed by atoms with van der Waals surface area (Å²) in [5, 5.41) is 14.4. The summed E-state index contributed by atoms with van der Waals surface area (Å²) in [6, 6.07) is 13.6. The van der Waals surface area contributed by atoms with Gasteiger partial charge >= 0.3 is 24.2 Å². The van der Waals surface area contributed by atoms with Gasteiger partial charge in [-0.3, -0.25) is 4.90 Å². The van der Waals surface area contributed by atoms with Crippen LogP contribution in [-0.4, -0.2) is 104 Å². The lowest BCUT2D eigenvalue weighted by Crippen LogP contribution is -2.31. The monoisotopic (exact) mass is 654 g/mol. The van der Waals surface area contributed by atoms with E-state index in [1.165, 1.54) is 54.8 Å². The molecule has 0 spiro atoms. The molecule has 2 aliphatic heterocycles. The zero-order chi connectivity index (χ0) is 33.5. The number of ether oxygens (including phenoxy) is 1. The molecule has 3 aromatic rings. The van der Waals surface area contributed by atoms with E-state index < -0.39 is 34.2 Å². The fourth-order valence-electron chi connectivity index (χ4n) is 4.39. The van der Waals surface area contributed by atoms with Crippen molar-refractivity contribution in [3.8, 4) is 5.75 Å². The highest BCUT2D eigenvalue weighted by atomic mass is 32.2. The SMILES string of the molecule is CN(C)C(=O)N=NC(=O)N(C)C.O=C(O)C(F)(F)F.O=S(=O)(c1ccccc1)n1ccc2c3c(ccc21)OC[C@@H]1CCCN1C3. The quantitative estimate of drug-likeness (QED) is 0.391. The number of rotatable bonds is 2. The lowest BCUT2D eigenvalue weighted by atomic mass is 10.1. The summed E-state index contributed by atoms with van der Waals surface area (Å²) in [5.41, 5.74) is 1.79. The van der Waals surface area contributed by atoms with Crippen LogP contribution in [0.5, 0.6) is 5.75 Å². The number of halogens is 3. The summed E-state index contributed by atoms with van der Waals surface area (Å²) in [6.07, 6.45) is -1.07. The number of benzene rings is 2. The van der Waals surface area contributed by atoms with E-state index in [0.717, 1.165) is 29.8 Å². The molecule has 1 N–H and O–H groups in total. The van der Waals surface area contributed by atoms with Gasteiger partial charge in [0.1, 0.15) is 12.4 Å². The Labute approximate surface area is 257 Å². The van der Waals surface area contributed by atoms with Gasteiger partial charge < -0.3 is 19.6 Å². The van der Waals surface area contributed by atoms with Gasteiger partial charge in [0, 0.05) is 57.9 Å². The van der Waals surface area contributed by atoms with E-state index in [4.69, 9.17) is 14.6 Å². The molecule has 0 radical (unpaired) electrons. The Balaban J connectivity index is 0.000000243. The van der Waals surface area contributed by atoms with E-state index >= 15 is 0 Å². The van der Waals surface area contributed by atoms with E-state index in [0.29, 0.717) is 23.1 Å². The van der Waals surface area contributed by atoms with Gasteiger partial charge in [0.25, 0.3) is 10.0 Å². The second kappa shape index (κ2) is 14.5. The molecule has 4 amide bonds. The van der Waals surface area contributed by atoms with Crippen LogP contribution in [0.15, 0.2) is 69.9 Å². The maximum absolute atomic E-state index is 13.0. The molecule has 2 aromatic carbocycles. The van der Waals surface area contributed by atoms with Crippen LogP contribution in [0.4, 0.5) is 22.8 Å². The fraction of sp³-hybridized carbons (Fsp3) is 0.393. The van der Waals surface area contributed by atoms with Crippen LogP contribution in [0.1, 0.15) is 18.4 Å². The molecule has 13 nitrogen and oxygen atoms in total. The Hall–Kier alpha value is -4.51. The van der Waals surface area contributed by atoms with Gasteiger partial charge in [0.2, 0.25) is 0 Å². The van der Waals surface area contributed by atoms with E-state index in [-0.39, 0.29) is 0 Å². The molecule has 0 bridgehead atoms. The van der Waals surface area contributed by atoms with E-state index in [1.54, 1.807) is 30.5 Å². The minimum Gasteiger partial charge on any atom is -0.492 e. The number of hydrogen-bond donors (Lipinski definition) is 1. The first-order valence-corrected chi connectivity index (χ1v) is 14.9. The lowest BCUT2D eigenvalue weighted by molar-refractivity contribution is -0.192. The van der Waals surface area contributed by atoms with Crippen LogP contribution < -0.4 is 4.74 Å². The number of aliphatic carboxylic acids is 1. The number of carbonyl (C=O) groups excluding carboxylic acids is 2. The number of nitrogens with zero attached hydrogens (tertiary/aromatic N) is 6.